The number of anilines is 1. The average molecular weight is 352 g/mol. The third kappa shape index (κ3) is 4.69. The highest BCUT2D eigenvalue weighted by Gasteiger charge is 2.21. The van der Waals surface area contributed by atoms with Gasteiger partial charge in [0.05, 0.1) is 0 Å². The summed E-state index contributed by atoms with van der Waals surface area (Å²) in [6.07, 6.45) is 2.04. The van der Waals surface area contributed by atoms with E-state index in [2.05, 4.69) is 20.7 Å². The maximum absolute atomic E-state index is 12.0. The molecule has 1 aliphatic heterocycles. The summed E-state index contributed by atoms with van der Waals surface area (Å²) in [5.41, 5.74) is 0. The van der Waals surface area contributed by atoms with E-state index in [4.69, 9.17) is 4.74 Å². The smallest absolute Gasteiger partial charge is 0.264 e. The Labute approximate surface area is 147 Å². The first-order chi connectivity index (χ1) is 11.2. The molecule has 2 aromatic rings. The molecule has 2 N–H and O–H groups in total. The van der Waals surface area contributed by atoms with E-state index in [9.17, 15) is 4.79 Å². The van der Waals surface area contributed by atoms with Crippen LogP contribution in [0.5, 0.6) is 5.75 Å². The third-order valence-electron chi connectivity index (χ3n) is 3.85. The molecule has 0 aliphatic carbocycles. The lowest BCUT2D eigenvalue weighted by Gasteiger charge is -2.19. The SMILES string of the molecule is Cl.Cn1nc(C2CCNCC2)nc1NC(=O)COc1ccccc1. The number of hydrogen-bond acceptors (Lipinski definition) is 5. The van der Waals surface area contributed by atoms with Crippen molar-refractivity contribution in [3.8, 4) is 5.75 Å². The Morgan fingerprint density at radius 1 is 1.33 bits per heavy atom. The summed E-state index contributed by atoms with van der Waals surface area (Å²) in [6.45, 7) is 1.91. The van der Waals surface area contributed by atoms with Gasteiger partial charge in [-0.2, -0.15) is 10.1 Å². The number of rotatable bonds is 5. The van der Waals surface area contributed by atoms with Crippen molar-refractivity contribution in [3.05, 3.63) is 36.2 Å². The molecule has 8 heteroatoms. The van der Waals surface area contributed by atoms with Crippen molar-refractivity contribution in [1.82, 2.24) is 20.1 Å². The zero-order valence-corrected chi connectivity index (χ0v) is 14.4. The summed E-state index contributed by atoms with van der Waals surface area (Å²) in [7, 11) is 1.78. The molecule has 1 aromatic carbocycles. The van der Waals surface area contributed by atoms with Crippen molar-refractivity contribution < 1.29 is 9.53 Å². The Hall–Kier alpha value is -2.12. The molecule has 3 rings (SSSR count). The minimum absolute atomic E-state index is 0. The number of nitrogens with one attached hydrogen (secondary N) is 2. The first-order valence-corrected chi connectivity index (χ1v) is 7.82. The molecule has 7 nitrogen and oxygen atoms in total. The van der Waals surface area contributed by atoms with Gasteiger partial charge in [0.25, 0.3) is 5.91 Å². The van der Waals surface area contributed by atoms with Gasteiger partial charge in [-0.3, -0.25) is 10.1 Å². The predicted molar refractivity (Wildman–Crippen MR) is 93.7 cm³/mol. The Kier molecular flexibility index (Phi) is 6.57. The van der Waals surface area contributed by atoms with Crippen molar-refractivity contribution in [1.29, 1.82) is 0 Å². The Morgan fingerprint density at radius 3 is 2.75 bits per heavy atom. The van der Waals surface area contributed by atoms with Gasteiger partial charge >= 0.3 is 0 Å². The lowest BCUT2D eigenvalue weighted by Crippen LogP contribution is -2.27. The molecule has 0 unspecified atom stereocenters. The molecule has 1 amide bonds. The van der Waals surface area contributed by atoms with E-state index in [1.165, 1.54) is 0 Å². The Bertz CT molecular complexity index is 656. The molecule has 24 heavy (non-hydrogen) atoms. The summed E-state index contributed by atoms with van der Waals surface area (Å²) in [6, 6.07) is 9.24. The van der Waals surface area contributed by atoms with Crippen molar-refractivity contribution in [2.24, 2.45) is 7.05 Å². The molecular weight excluding hydrogens is 330 g/mol. The van der Waals surface area contributed by atoms with Gasteiger partial charge in [0.2, 0.25) is 5.95 Å². The van der Waals surface area contributed by atoms with Crippen LogP contribution >= 0.6 is 12.4 Å². The number of aryl methyl sites for hydroxylation is 1. The monoisotopic (exact) mass is 351 g/mol. The summed E-state index contributed by atoms with van der Waals surface area (Å²) in [5.74, 6) is 2.03. The zero-order valence-electron chi connectivity index (χ0n) is 13.6. The fourth-order valence-electron chi connectivity index (χ4n) is 2.59. The van der Waals surface area contributed by atoms with Crippen LogP contribution in [0.4, 0.5) is 5.95 Å². The molecule has 1 aromatic heterocycles. The lowest BCUT2D eigenvalue weighted by atomic mass is 9.98. The number of halogens is 1. The fourth-order valence-corrected chi connectivity index (χ4v) is 2.59. The van der Waals surface area contributed by atoms with Crippen LogP contribution in [-0.2, 0) is 11.8 Å². The molecule has 0 saturated carbocycles. The van der Waals surface area contributed by atoms with Gasteiger partial charge in [-0.25, -0.2) is 4.68 Å². The Balaban J connectivity index is 0.00000208. The lowest BCUT2D eigenvalue weighted by molar-refractivity contribution is -0.118. The number of benzene rings is 1. The van der Waals surface area contributed by atoms with E-state index in [0.717, 1.165) is 31.8 Å². The first-order valence-electron chi connectivity index (χ1n) is 7.82. The molecule has 2 heterocycles. The predicted octanol–water partition coefficient (Wildman–Crippen LogP) is 1.72. The highest BCUT2D eigenvalue weighted by molar-refractivity contribution is 5.90. The van der Waals surface area contributed by atoms with E-state index in [1.54, 1.807) is 11.7 Å². The van der Waals surface area contributed by atoms with Gasteiger partial charge in [-0.15, -0.1) is 12.4 Å². The molecular formula is C16H22ClN5O2. The van der Waals surface area contributed by atoms with Crippen LogP contribution < -0.4 is 15.4 Å². The van der Waals surface area contributed by atoms with Gasteiger partial charge in [0, 0.05) is 13.0 Å². The molecule has 1 aliphatic rings. The normalized spacial score (nSPS) is 14.7. The minimum atomic E-state index is -0.249. The van der Waals surface area contributed by atoms with Crippen molar-refractivity contribution in [2.75, 3.05) is 25.0 Å². The highest BCUT2D eigenvalue weighted by Crippen LogP contribution is 2.23. The molecule has 0 radical (unpaired) electrons. The maximum atomic E-state index is 12.0. The van der Waals surface area contributed by atoms with Crippen LogP contribution in [0.3, 0.4) is 0 Å². The minimum Gasteiger partial charge on any atom is -0.484 e. The number of hydrogen-bond donors (Lipinski definition) is 2. The molecule has 1 saturated heterocycles. The second-order valence-electron chi connectivity index (χ2n) is 5.59. The van der Waals surface area contributed by atoms with E-state index in [-0.39, 0.29) is 24.9 Å². The summed E-state index contributed by atoms with van der Waals surface area (Å²) < 4.78 is 7.03. The number of aromatic nitrogens is 3. The molecule has 0 atom stereocenters. The van der Waals surface area contributed by atoms with E-state index >= 15 is 0 Å². The highest BCUT2D eigenvalue weighted by atomic mass is 35.5. The summed E-state index contributed by atoms with van der Waals surface area (Å²) >= 11 is 0. The van der Waals surface area contributed by atoms with Gasteiger partial charge < -0.3 is 10.1 Å². The number of carbonyl (C=O) groups excluding carboxylic acids is 1. The molecule has 0 bridgehead atoms. The maximum Gasteiger partial charge on any atom is 0.264 e. The largest absolute Gasteiger partial charge is 0.484 e. The second-order valence-corrected chi connectivity index (χ2v) is 5.59. The van der Waals surface area contributed by atoms with E-state index < -0.39 is 0 Å². The van der Waals surface area contributed by atoms with Gasteiger partial charge in [0.1, 0.15) is 5.75 Å². The van der Waals surface area contributed by atoms with Crippen LogP contribution in [0, 0.1) is 0 Å². The van der Waals surface area contributed by atoms with Crippen LogP contribution in [0.2, 0.25) is 0 Å². The number of para-hydroxylation sites is 1. The van der Waals surface area contributed by atoms with Gasteiger partial charge in [-0.05, 0) is 38.1 Å². The fraction of sp³-hybridized carbons (Fsp3) is 0.438. The average Bonchev–Trinajstić information content (AvgIpc) is 2.95. The second kappa shape index (κ2) is 8.65. The molecule has 130 valence electrons. The third-order valence-corrected chi connectivity index (χ3v) is 3.85. The van der Waals surface area contributed by atoms with Gasteiger partial charge in [0.15, 0.2) is 12.4 Å². The van der Waals surface area contributed by atoms with Crippen LogP contribution in [0.1, 0.15) is 24.6 Å². The quantitative estimate of drug-likeness (QED) is 0.857. The van der Waals surface area contributed by atoms with Crippen LogP contribution in [-0.4, -0.2) is 40.4 Å². The molecule has 1 fully saturated rings. The van der Waals surface area contributed by atoms with Crippen molar-refractivity contribution >= 4 is 24.3 Å². The van der Waals surface area contributed by atoms with Crippen molar-refractivity contribution in [3.63, 3.8) is 0 Å². The molecule has 0 spiro atoms. The first kappa shape index (κ1) is 18.2. The number of amides is 1. The number of ether oxygens (including phenoxy) is 1. The van der Waals surface area contributed by atoms with Crippen molar-refractivity contribution in [2.45, 2.75) is 18.8 Å². The number of piperidine rings is 1. The number of nitrogens with zero attached hydrogens (tertiary/aromatic N) is 3. The van der Waals surface area contributed by atoms with E-state index in [0.29, 0.717) is 17.6 Å². The number of carbonyl (C=O) groups is 1. The zero-order chi connectivity index (χ0) is 16.1. The van der Waals surface area contributed by atoms with E-state index in [1.807, 2.05) is 30.3 Å². The Morgan fingerprint density at radius 2 is 2.04 bits per heavy atom. The topological polar surface area (TPSA) is 81.1 Å². The standard InChI is InChI=1S/C16H21N5O2.ClH/c1-21-16(19-15(20-21)12-7-9-17-10-8-12)18-14(22)11-23-13-5-3-2-4-6-13;/h2-6,12,17H,7-11H2,1H3,(H,18,19,20,22);1H. The van der Waals surface area contributed by atoms with Crippen LogP contribution in [0.25, 0.3) is 0 Å². The van der Waals surface area contributed by atoms with Crippen LogP contribution in [0.15, 0.2) is 30.3 Å². The summed E-state index contributed by atoms with van der Waals surface area (Å²) in [5, 5.41) is 10.5. The summed E-state index contributed by atoms with van der Waals surface area (Å²) in [4.78, 5) is 16.5. The van der Waals surface area contributed by atoms with Gasteiger partial charge in [-0.1, -0.05) is 18.2 Å².